The molecule has 0 unspecified atom stereocenters. The number of amides is 1. The van der Waals surface area contributed by atoms with Crippen molar-refractivity contribution in [3.05, 3.63) is 33.4 Å². The third-order valence-electron chi connectivity index (χ3n) is 3.91. The molecule has 150 valence electrons. The highest BCUT2D eigenvalue weighted by Gasteiger charge is 2.29. The topological polar surface area (TPSA) is 81.9 Å². The molecule has 7 heteroatoms. The molecule has 0 N–H and O–H groups in total. The summed E-state index contributed by atoms with van der Waals surface area (Å²) < 4.78 is 44.5. The molecule has 1 saturated heterocycles. The smallest absolute Gasteiger partial charge is 0.410 e. The Bertz CT molecular complexity index is 850. The first-order valence-electron chi connectivity index (χ1n) is 10.9. The van der Waals surface area contributed by atoms with Crippen LogP contribution in [0.25, 0.3) is 0 Å². The number of nitro benzene ring substituents is 1. The van der Waals surface area contributed by atoms with Gasteiger partial charge in [-0.2, -0.15) is 0 Å². The first kappa shape index (κ1) is 15.7. The van der Waals surface area contributed by atoms with Gasteiger partial charge in [-0.25, -0.2) is 4.79 Å². The second-order valence-electron chi connectivity index (χ2n) is 7.84. The van der Waals surface area contributed by atoms with Crippen LogP contribution in [0, 0.1) is 17.0 Å². The molecule has 1 heterocycles. The molecule has 0 spiro atoms. The van der Waals surface area contributed by atoms with Crippen molar-refractivity contribution in [1.82, 2.24) is 4.90 Å². The molecule has 1 aromatic carbocycles. The summed E-state index contributed by atoms with van der Waals surface area (Å²) in [6.45, 7) is 5.34. The molecule has 27 heavy (non-hydrogen) atoms. The first-order chi connectivity index (χ1) is 13.9. The maximum absolute atomic E-state index is 12.6. The van der Waals surface area contributed by atoms with Gasteiger partial charge in [0.2, 0.25) is 0 Å². The fourth-order valence-corrected chi connectivity index (χ4v) is 2.81. The maximum atomic E-state index is 12.6. The van der Waals surface area contributed by atoms with Crippen LogP contribution in [0.4, 0.5) is 10.5 Å². The number of likely N-dealkylation sites (tertiary alicyclic amines) is 1. The minimum atomic E-state index is -2.33. The second kappa shape index (κ2) is 8.15. The molecule has 0 radical (unpaired) electrons. The van der Waals surface area contributed by atoms with Crippen molar-refractivity contribution in [3.8, 4) is 5.75 Å². The van der Waals surface area contributed by atoms with Crippen molar-refractivity contribution < 1.29 is 24.7 Å². The van der Waals surface area contributed by atoms with E-state index in [0.717, 1.165) is 0 Å². The van der Waals surface area contributed by atoms with E-state index in [1.54, 1.807) is 41.5 Å². The van der Waals surface area contributed by atoms with Gasteiger partial charge in [0, 0.05) is 24.5 Å². The summed E-state index contributed by atoms with van der Waals surface area (Å²) in [5, 5.41) is 11.4. The van der Waals surface area contributed by atoms with E-state index >= 15 is 0 Å². The molecule has 7 nitrogen and oxygen atoms in total. The quantitative estimate of drug-likeness (QED) is 0.551. The van der Waals surface area contributed by atoms with Gasteiger partial charge in [0.25, 0.3) is 0 Å². The lowest BCUT2D eigenvalue weighted by Crippen LogP contribution is -2.41. The SMILES string of the molecule is [2H]C1([2H])CC(c2cc(OC(C)C)c([N+](=O)[O-])cc2C)CC([2H])([2H])N1C(=O)OC(C)(C)C. The number of ether oxygens (including phenoxy) is 2. The second-order valence-corrected chi connectivity index (χ2v) is 7.84. The zero-order chi connectivity index (χ0) is 23.9. The molecule has 2 rings (SSSR count). The van der Waals surface area contributed by atoms with Crippen LogP contribution in [-0.2, 0) is 4.74 Å². The van der Waals surface area contributed by atoms with Crippen LogP contribution >= 0.6 is 0 Å². The normalized spacial score (nSPS) is 21.7. The Kier molecular flexibility index (Phi) is 4.74. The van der Waals surface area contributed by atoms with E-state index in [1.165, 1.54) is 12.1 Å². The van der Waals surface area contributed by atoms with E-state index in [0.29, 0.717) is 16.0 Å². The summed E-state index contributed by atoms with van der Waals surface area (Å²) in [7, 11) is 0. The lowest BCUT2D eigenvalue weighted by Gasteiger charge is -2.34. The third kappa shape index (κ3) is 5.58. The number of benzene rings is 1. The van der Waals surface area contributed by atoms with Gasteiger partial charge in [0.15, 0.2) is 5.75 Å². The standard InChI is InChI=1S/C20H30N2O5/c1-13(2)26-18-12-16(14(3)11-17(18)22(24)25)15-7-9-21(10-8-15)19(23)27-20(4,5)6/h11-13,15H,7-10H2,1-6H3/i9D2,10D2. The van der Waals surface area contributed by atoms with Crippen molar-refractivity contribution in [2.45, 2.75) is 72.0 Å². The number of hydrogen-bond donors (Lipinski definition) is 0. The van der Waals surface area contributed by atoms with E-state index < -0.39 is 35.5 Å². The summed E-state index contributed by atoms with van der Waals surface area (Å²) in [6.07, 6.45) is -1.76. The van der Waals surface area contributed by atoms with Crippen molar-refractivity contribution in [3.63, 3.8) is 0 Å². The number of aryl methyl sites for hydroxylation is 1. The average Bonchev–Trinajstić information content (AvgIpc) is 2.51. The molecule has 0 bridgehead atoms. The monoisotopic (exact) mass is 382 g/mol. The van der Waals surface area contributed by atoms with Crippen molar-refractivity contribution in [1.29, 1.82) is 0 Å². The van der Waals surface area contributed by atoms with Crippen LogP contribution in [0.1, 0.15) is 70.0 Å². The molecule has 0 saturated carbocycles. The van der Waals surface area contributed by atoms with Crippen LogP contribution < -0.4 is 4.74 Å². The number of carbonyl (C=O) groups excluding carboxylic acids is 1. The molecule has 1 aliphatic rings. The first-order valence-corrected chi connectivity index (χ1v) is 8.93. The van der Waals surface area contributed by atoms with Gasteiger partial charge in [-0.3, -0.25) is 10.1 Å². The van der Waals surface area contributed by atoms with Crippen LogP contribution in [0.5, 0.6) is 5.75 Å². The van der Waals surface area contributed by atoms with Gasteiger partial charge >= 0.3 is 11.8 Å². The zero-order valence-electron chi connectivity index (χ0n) is 20.7. The summed E-state index contributed by atoms with van der Waals surface area (Å²) in [5.74, 6) is -0.574. The highest BCUT2D eigenvalue weighted by Crippen LogP contribution is 2.38. The Hall–Kier alpha value is -2.31. The summed E-state index contributed by atoms with van der Waals surface area (Å²) in [6, 6.07) is 2.85. The van der Waals surface area contributed by atoms with E-state index in [9.17, 15) is 14.9 Å². The van der Waals surface area contributed by atoms with Crippen LogP contribution in [0.2, 0.25) is 0 Å². The predicted octanol–water partition coefficient (Wildman–Crippen LogP) is 4.80. The Morgan fingerprint density at radius 1 is 1.33 bits per heavy atom. The van der Waals surface area contributed by atoms with Crippen molar-refractivity contribution in [2.24, 2.45) is 0 Å². The van der Waals surface area contributed by atoms with E-state index in [2.05, 4.69) is 0 Å². The van der Waals surface area contributed by atoms with Gasteiger partial charge in [-0.15, -0.1) is 0 Å². The van der Waals surface area contributed by atoms with Crippen LogP contribution in [-0.4, -0.2) is 40.6 Å². The lowest BCUT2D eigenvalue weighted by atomic mass is 9.86. The highest BCUT2D eigenvalue weighted by molar-refractivity contribution is 5.68. The van der Waals surface area contributed by atoms with E-state index in [1.807, 2.05) is 0 Å². The number of hydrogen-bond acceptors (Lipinski definition) is 5. The Morgan fingerprint density at radius 2 is 1.93 bits per heavy atom. The molecule has 0 atom stereocenters. The number of piperidine rings is 1. The van der Waals surface area contributed by atoms with Crippen molar-refractivity contribution in [2.75, 3.05) is 13.0 Å². The van der Waals surface area contributed by atoms with Gasteiger partial charge in [0.1, 0.15) is 5.60 Å². The van der Waals surface area contributed by atoms with Gasteiger partial charge in [-0.1, -0.05) is 0 Å². The minimum absolute atomic E-state index is 0.0521. The molecular weight excluding hydrogens is 348 g/mol. The minimum Gasteiger partial charge on any atom is -0.484 e. The average molecular weight is 382 g/mol. The van der Waals surface area contributed by atoms with Gasteiger partial charge < -0.3 is 14.4 Å². The summed E-state index contributed by atoms with van der Waals surface area (Å²) in [4.78, 5) is 24.0. The lowest BCUT2D eigenvalue weighted by molar-refractivity contribution is -0.386. The van der Waals surface area contributed by atoms with Crippen LogP contribution in [0.3, 0.4) is 0 Å². The van der Waals surface area contributed by atoms with Crippen molar-refractivity contribution >= 4 is 11.8 Å². The number of nitrogens with zero attached hydrogens (tertiary/aromatic N) is 2. The Morgan fingerprint density at radius 3 is 2.41 bits per heavy atom. The molecule has 1 fully saturated rings. The van der Waals surface area contributed by atoms with Gasteiger partial charge in [-0.05, 0) is 77.5 Å². The summed E-state index contributed by atoms with van der Waals surface area (Å²) in [5.41, 5.74) is -0.0203. The van der Waals surface area contributed by atoms with E-state index in [-0.39, 0.29) is 30.4 Å². The molecule has 0 aliphatic carbocycles. The number of rotatable bonds is 4. The number of carbonyl (C=O) groups is 1. The van der Waals surface area contributed by atoms with Crippen LogP contribution in [0.15, 0.2) is 12.1 Å². The molecule has 1 aliphatic heterocycles. The fraction of sp³-hybridized carbons (Fsp3) is 0.650. The Balaban J connectivity index is 2.46. The molecule has 1 aromatic rings. The molecule has 1 amide bonds. The maximum Gasteiger partial charge on any atom is 0.410 e. The van der Waals surface area contributed by atoms with E-state index in [4.69, 9.17) is 15.0 Å². The largest absolute Gasteiger partial charge is 0.484 e. The molecule has 0 aromatic heterocycles. The molecular formula is C20H30N2O5. The predicted molar refractivity (Wildman–Crippen MR) is 103 cm³/mol. The Labute approximate surface area is 166 Å². The third-order valence-corrected chi connectivity index (χ3v) is 3.91. The fourth-order valence-electron chi connectivity index (χ4n) is 2.81. The number of nitro groups is 1. The zero-order valence-corrected chi connectivity index (χ0v) is 16.7. The summed E-state index contributed by atoms with van der Waals surface area (Å²) >= 11 is 0. The highest BCUT2D eigenvalue weighted by atomic mass is 16.6. The van der Waals surface area contributed by atoms with Gasteiger partial charge in [0.05, 0.1) is 11.0 Å².